The van der Waals surface area contributed by atoms with Crippen molar-refractivity contribution in [2.45, 2.75) is 12.5 Å². The van der Waals surface area contributed by atoms with Gasteiger partial charge in [-0.3, -0.25) is 0 Å². The fourth-order valence-electron chi connectivity index (χ4n) is 0.872. The number of aromatic hydroxyl groups is 1. The average Bonchev–Trinajstić information content (AvgIpc) is 2.36. The van der Waals surface area contributed by atoms with Gasteiger partial charge in [-0.25, -0.2) is 0 Å². The van der Waals surface area contributed by atoms with Gasteiger partial charge in [0.2, 0.25) is 0 Å². The summed E-state index contributed by atoms with van der Waals surface area (Å²) < 4.78 is 4.70. The highest BCUT2D eigenvalue weighted by molar-refractivity contribution is 5.28. The van der Waals surface area contributed by atoms with E-state index in [0.29, 0.717) is 12.0 Å². The van der Waals surface area contributed by atoms with Gasteiger partial charge in [0.1, 0.15) is 6.26 Å². The molecule has 0 saturated carbocycles. The highest BCUT2D eigenvalue weighted by Crippen LogP contribution is 2.24. The molecule has 0 saturated heterocycles. The Morgan fingerprint density at radius 1 is 1.55 bits per heavy atom. The average molecular weight is 157 g/mol. The molecule has 4 nitrogen and oxygen atoms in total. The topological polar surface area (TPSA) is 79.6 Å². The zero-order chi connectivity index (χ0) is 8.27. The Balaban J connectivity index is 2.67. The molecule has 1 atom stereocenters. The van der Waals surface area contributed by atoms with Gasteiger partial charge in [0, 0.05) is 18.2 Å². The predicted octanol–water partition coefficient (Wildman–Crippen LogP) is 0.367. The third kappa shape index (κ3) is 1.72. The minimum atomic E-state index is -0.348. The van der Waals surface area contributed by atoms with Crippen molar-refractivity contribution < 1.29 is 14.6 Å². The molecule has 1 aromatic heterocycles. The monoisotopic (exact) mass is 157 g/mol. The molecule has 0 aliphatic rings. The van der Waals surface area contributed by atoms with Crippen LogP contribution in [0.1, 0.15) is 18.0 Å². The van der Waals surface area contributed by atoms with Gasteiger partial charge in [0.25, 0.3) is 0 Å². The zero-order valence-electron chi connectivity index (χ0n) is 6.03. The normalized spacial score (nSPS) is 13.3. The van der Waals surface area contributed by atoms with Crippen molar-refractivity contribution in [1.82, 2.24) is 0 Å². The number of aliphatic hydroxyl groups excluding tert-OH is 1. The number of hydrogen-bond acceptors (Lipinski definition) is 4. The fraction of sp³-hybridized carbons (Fsp3) is 0.429. The van der Waals surface area contributed by atoms with Crippen LogP contribution in [0, 0.1) is 0 Å². The van der Waals surface area contributed by atoms with Gasteiger partial charge >= 0.3 is 0 Å². The van der Waals surface area contributed by atoms with E-state index in [1.54, 1.807) is 0 Å². The zero-order valence-corrected chi connectivity index (χ0v) is 6.03. The second kappa shape index (κ2) is 3.41. The maximum Gasteiger partial charge on any atom is 0.158 e. The molecule has 1 heterocycles. The van der Waals surface area contributed by atoms with Crippen molar-refractivity contribution in [3.8, 4) is 5.75 Å². The quantitative estimate of drug-likeness (QED) is 0.592. The lowest BCUT2D eigenvalue weighted by Crippen LogP contribution is -2.10. The lowest BCUT2D eigenvalue weighted by atomic mass is 10.1. The summed E-state index contributed by atoms with van der Waals surface area (Å²) in [6, 6.07) is -0.348. The van der Waals surface area contributed by atoms with E-state index in [4.69, 9.17) is 20.4 Å². The maximum atomic E-state index is 9.09. The van der Waals surface area contributed by atoms with Crippen LogP contribution in [0.5, 0.6) is 5.75 Å². The lowest BCUT2D eigenvalue weighted by Gasteiger charge is -2.06. The Bertz CT molecular complexity index is 221. The molecule has 0 amide bonds. The maximum absolute atomic E-state index is 9.09. The molecule has 0 unspecified atom stereocenters. The van der Waals surface area contributed by atoms with Gasteiger partial charge in [0.05, 0.1) is 6.26 Å². The van der Waals surface area contributed by atoms with E-state index in [0.717, 1.165) is 0 Å². The Morgan fingerprint density at radius 3 is 2.73 bits per heavy atom. The Hall–Kier alpha value is -1.00. The van der Waals surface area contributed by atoms with Crippen molar-refractivity contribution in [3.05, 3.63) is 18.1 Å². The first-order valence-electron chi connectivity index (χ1n) is 3.37. The molecule has 0 aromatic carbocycles. The van der Waals surface area contributed by atoms with E-state index in [-0.39, 0.29) is 18.4 Å². The number of hydrogen-bond donors (Lipinski definition) is 3. The van der Waals surface area contributed by atoms with Crippen molar-refractivity contribution in [3.63, 3.8) is 0 Å². The summed E-state index contributed by atoms with van der Waals surface area (Å²) in [5, 5.41) is 17.6. The van der Waals surface area contributed by atoms with Gasteiger partial charge in [0.15, 0.2) is 5.75 Å². The molecule has 1 rings (SSSR count). The molecule has 0 aliphatic carbocycles. The highest BCUT2D eigenvalue weighted by atomic mass is 16.3. The Labute approximate surface area is 64.2 Å². The number of nitrogens with two attached hydrogens (primary N) is 1. The van der Waals surface area contributed by atoms with E-state index < -0.39 is 0 Å². The van der Waals surface area contributed by atoms with Gasteiger partial charge in [-0.15, -0.1) is 0 Å². The summed E-state index contributed by atoms with van der Waals surface area (Å²) in [5.74, 6) is 0.0472. The van der Waals surface area contributed by atoms with Crippen molar-refractivity contribution in [2.75, 3.05) is 6.61 Å². The molecule has 0 radical (unpaired) electrons. The van der Waals surface area contributed by atoms with Crippen molar-refractivity contribution in [2.24, 2.45) is 5.73 Å². The van der Waals surface area contributed by atoms with Crippen LogP contribution in [0.3, 0.4) is 0 Å². The molecule has 0 fully saturated rings. The second-order valence-corrected chi connectivity index (χ2v) is 2.33. The van der Waals surface area contributed by atoms with Crippen molar-refractivity contribution in [1.29, 1.82) is 0 Å². The Kier molecular flexibility index (Phi) is 2.51. The molecule has 0 bridgehead atoms. The van der Waals surface area contributed by atoms with Gasteiger partial charge < -0.3 is 20.4 Å². The summed E-state index contributed by atoms with van der Waals surface area (Å²) in [7, 11) is 0. The minimum Gasteiger partial charge on any atom is -0.504 e. The standard InChI is InChI=1S/C7H11NO3/c8-6(1-2-9)5-3-11-4-7(5)10/h3-4,6,9-10H,1-2,8H2/t6-/m0/s1. The molecule has 1 aromatic rings. The molecule has 4 heteroatoms. The van der Waals surface area contributed by atoms with Crippen molar-refractivity contribution >= 4 is 0 Å². The molecular formula is C7H11NO3. The van der Waals surface area contributed by atoms with Gasteiger partial charge in [-0.1, -0.05) is 0 Å². The minimum absolute atomic E-state index is 0.00574. The SMILES string of the molecule is N[C@@H](CCO)c1cocc1O. The first kappa shape index (κ1) is 8.10. The number of rotatable bonds is 3. The van der Waals surface area contributed by atoms with E-state index in [1.165, 1.54) is 12.5 Å². The van der Waals surface area contributed by atoms with E-state index >= 15 is 0 Å². The lowest BCUT2D eigenvalue weighted by molar-refractivity contribution is 0.275. The summed E-state index contributed by atoms with van der Waals surface area (Å²) in [6.45, 7) is 0.00574. The van der Waals surface area contributed by atoms with Crippen LogP contribution < -0.4 is 5.73 Å². The van der Waals surface area contributed by atoms with Gasteiger partial charge in [-0.2, -0.15) is 0 Å². The first-order chi connectivity index (χ1) is 5.25. The third-order valence-corrected chi connectivity index (χ3v) is 1.51. The molecule has 62 valence electrons. The molecular weight excluding hydrogens is 146 g/mol. The number of furan rings is 1. The fourth-order valence-corrected chi connectivity index (χ4v) is 0.872. The predicted molar refractivity (Wildman–Crippen MR) is 39.0 cm³/mol. The van der Waals surface area contributed by atoms with Crippen LogP contribution >= 0.6 is 0 Å². The third-order valence-electron chi connectivity index (χ3n) is 1.51. The molecule has 0 aliphatic heterocycles. The largest absolute Gasteiger partial charge is 0.504 e. The smallest absolute Gasteiger partial charge is 0.158 e. The van der Waals surface area contributed by atoms with Crippen LogP contribution in [0.4, 0.5) is 0 Å². The van der Waals surface area contributed by atoms with Gasteiger partial charge in [-0.05, 0) is 6.42 Å². The van der Waals surface area contributed by atoms with Crippen LogP contribution in [-0.2, 0) is 0 Å². The molecule has 4 N–H and O–H groups in total. The summed E-state index contributed by atoms with van der Waals surface area (Å²) in [5.41, 5.74) is 6.11. The first-order valence-corrected chi connectivity index (χ1v) is 3.37. The van der Waals surface area contributed by atoms with E-state index in [2.05, 4.69) is 0 Å². The molecule has 11 heavy (non-hydrogen) atoms. The van der Waals surface area contributed by atoms with E-state index in [9.17, 15) is 0 Å². The van der Waals surface area contributed by atoms with E-state index in [1.807, 2.05) is 0 Å². The Morgan fingerprint density at radius 2 is 2.27 bits per heavy atom. The summed E-state index contributed by atoms with van der Waals surface area (Å²) in [4.78, 5) is 0. The summed E-state index contributed by atoms with van der Waals surface area (Å²) in [6.07, 6.45) is 3.02. The van der Waals surface area contributed by atoms with Crippen LogP contribution in [-0.4, -0.2) is 16.8 Å². The summed E-state index contributed by atoms with van der Waals surface area (Å²) >= 11 is 0. The van der Waals surface area contributed by atoms with Crippen LogP contribution in [0.25, 0.3) is 0 Å². The highest BCUT2D eigenvalue weighted by Gasteiger charge is 2.11. The van der Waals surface area contributed by atoms with Crippen LogP contribution in [0.15, 0.2) is 16.9 Å². The molecule has 0 spiro atoms. The second-order valence-electron chi connectivity index (χ2n) is 2.33. The number of aliphatic hydroxyl groups is 1. The van der Waals surface area contributed by atoms with Crippen LogP contribution in [0.2, 0.25) is 0 Å².